The van der Waals surface area contributed by atoms with Gasteiger partial charge in [0.2, 0.25) is 30.4 Å². The van der Waals surface area contributed by atoms with Crippen LogP contribution in [-0.4, -0.2) is 71.0 Å². The van der Waals surface area contributed by atoms with Crippen molar-refractivity contribution in [1.29, 1.82) is 0 Å². The molecule has 0 bridgehead atoms. The third kappa shape index (κ3) is 6.98. The lowest BCUT2D eigenvalue weighted by Crippen LogP contribution is -2.55. The van der Waals surface area contributed by atoms with E-state index in [-0.39, 0.29) is 74.1 Å². The molecule has 46 heavy (non-hydrogen) atoms. The standard InChI is InChI=1S/C35H43N5O6/c1-20(2)26-10-8-21(3)12-32(41)38-28(15-23-17-36-27-7-5-4-6-25(23)27)35(44)40-18-24(16-29(40)34(43)39-26)37-33(42)14-22-9-11-30-31(13-22)46-19-45-30/h4-7,9,11,13,17,20-21,24,26,28-29,36H,8,10,12,14-16,18-19H2,1-3H3,(H,37,42)(H,38,41)(H,39,43)/t21-,24-,26+,28-,29+/m1/s1. The zero-order valence-electron chi connectivity index (χ0n) is 26.6. The molecule has 6 rings (SSSR count). The maximum atomic E-state index is 14.4. The summed E-state index contributed by atoms with van der Waals surface area (Å²) in [6.45, 7) is 6.47. The molecule has 3 aliphatic rings. The number of hydrogen-bond donors (Lipinski definition) is 4. The summed E-state index contributed by atoms with van der Waals surface area (Å²) in [4.78, 5) is 59.6. The highest BCUT2D eigenvalue weighted by molar-refractivity contribution is 5.94. The van der Waals surface area contributed by atoms with Crippen LogP contribution in [-0.2, 0) is 32.0 Å². The Balaban J connectivity index is 1.25. The second kappa shape index (κ2) is 13.4. The van der Waals surface area contributed by atoms with Crippen molar-refractivity contribution in [3.63, 3.8) is 0 Å². The second-order valence-electron chi connectivity index (χ2n) is 13.3. The largest absolute Gasteiger partial charge is 0.454 e. The van der Waals surface area contributed by atoms with E-state index in [0.717, 1.165) is 34.9 Å². The van der Waals surface area contributed by atoms with E-state index in [9.17, 15) is 19.2 Å². The zero-order chi connectivity index (χ0) is 32.4. The van der Waals surface area contributed by atoms with Gasteiger partial charge in [-0.1, -0.05) is 45.0 Å². The fourth-order valence-corrected chi connectivity index (χ4v) is 6.86. The van der Waals surface area contributed by atoms with Gasteiger partial charge in [0.05, 0.1) is 6.42 Å². The molecule has 11 heteroatoms. The topological polar surface area (TPSA) is 142 Å². The van der Waals surface area contributed by atoms with Crippen LogP contribution < -0.4 is 25.4 Å². The molecule has 3 aromatic rings. The maximum Gasteiger partial charge on any atom is 0.246 e. The quantitative estimate of drug-likeness (QED) is 0.330. The molecule has 2 saturated heterocycles. The van der Waals surface area contributed by atoms with Crippen LogP contribution in [0.25, 0.3) is 10.9 Å². The number of nitrogens with zero attached hydrogens (tertiary/aromatic N) is 1. The maximum absolute atomic E-state index is 14.4. The van der Waals surface area contributed by atoms with Crippen LogP contribution in [0.2, 0.25) is 0 Å². The number of hydrogen-bond acceptors (Lipinski definition) is 6. The van der Waals surface area contributed by atoms with Crippen molar-refractivity contribution in [2.75, 3.05) is 13.3 Å². The summed E-state index contributed by atoms with van der Waals surface area (Å²) < 4.78 is 10.8. The SMILES string of the molecule is CC(C)[C@@H]1CC[C@@H](C)CC(=O)N[C@H](Cc2c[nH]c3ccccc23)C(=O)N2C[C@H](NC(=O)Cc3ccc4c(c3)OCO4)C[C@H]2C(=O)N1. The van der Waals surface area contributed by atoms with E-state index < -0.39 is 18.1 Å². The van der Waals surface area contributed by atoms with E-state index in [4.69, 9.17) is 9.47 Å². The minimum absolute atomic E-state index is 0.0897. The predicted molar refractivity (Wildman–Crippen MR) is 172 cm³/mol. The number of benzene rings is 2. The third-order valence-electron chi connectivity index (χ3n) is 9.42. The monoisotopic (exact) mass is 629 g/mol. The highest BCUT2D eigenvalue weighted by atomic mass is 16.7. The number of H-pyrrole nitrogens is 1. The summed E-state index contributed by atoms with van der Waals surface area (Å²) in [5.74, 6) is 0.540. The van der Waals surface area contributed by atoms with E-state index in [0.29, 0.717) is 17.9 Å². The smallest absolute Gasteiger partial charge is 0.246 e. The molecule has 5 atom stereocenters. The van der Waals surface area contributed by atoms with Gasteiger partial charge in [-0.05, 0) is 60.4 Å². The molecule has 4 N–H and O–H groups in total. The number of rotatable bonds is 6. The Bertz CT molecular complexity index is 1620. The van der Waals surface area contributed by atoms with Gasteiger partial charge in [-0.2, -0.15) is 0 Å². The van der Waals surface area contributed by atoms with Gasteiger partial charge in [0.25, 0.3) is 0 Å². The molecule has 4 amide bonds. The summed E-state index contributed by atoms with van der Waals surface area (Å²) >= 11 is 0. The number of carbonyl (C=O) groups excluding carboxylic acids is 4. The van der Waals surface area contributed by atoms with Crippen molar-refractivity contribution in [2.45, 2.75) is 83.5 Å². The summed E-state index contributed by atoms with van der Waals surface area (Å²) in [5, 5.41) is 10.3. The number of amides is 4. The molecule has 4 heterocycles. The second-order valence-corrected chi connectivity index (χ2v) is 13.3. The molecule has 1 aromatic heterocycles. The van der Waals surface area contributed by atoms with Gasteiger partial charge in [-0.3, -0.25) is 19.2 Å². The molecule has 3 aliphatic heterocycles. The summed E-state index contributed by atoms with van der Waals surface area (Å²) in [5.41, 5.74) is 2.62. The first-order valence-corrected chi connectivity index (χ1v) is 16.3. The molecule has 0 aliphatic carbocycles. The molecule has 11 nitrogen and oxygen atoms in total. The molecule has 2 aromatic carbocycles. The Kier molecular flexibility index (Phi) is 9.19. The summed E-state index contributed by atoms with van der Waals surface area (Å²) in [6.07, 6.45) is 4.32. The Morgan fingerprint density at radius 2 is 1.85 bits per heavy atom. The van der Waals surface area contributed by atoms with E-state index in [1.165, 1.54) is 0 Å². The summed E-state index contributed by atoms with van der Waals surface area (Å²) in [7, 11) is 0. The van der Waals surface area contributed by atoms with Gasteiger partial charge < -0.3 is 35.3 Å². The molecular formula is C35H43N5O6. The first kappa shape index (κ1) is 31.4. The Hall–Kier alpha value is -4.54. The van der Waals surface area contributed by atoms with Gasteiger partial charge in [-0.15, -0.1) is 0 Å². The lowest BCUT2D eigenvalue weighted by molar-refractivity contribution is -0.141. The number of fused-ring (bicyclic) bond motifs is 3. The number of nitrogens with one attached hydrogen (secondary N) is 4. The summed E-state index contributed by atoms with van der Waals surface area (Å²) in [6, 6.07) is 11.0. The zero-order valence-corrected chi connectivity index (χ0v) is 26.6. The van der Waals surface area contributed by atoms with Gasteiger partial charge in [0.15, 0.2) is 11.5 Å². The Labute approximate surface area is 268 Å². The number of para-hydroxylation sites is 1. The molecule has 0 saturated carbocycles. The average molecular weight is 630 g/mol. The van der Waals surface area contributed by atoms with Crippen molar-refractivity contribution >= 4 is 34.5 Å². The molecule has 2 fully saturated rings. The van der Waals surface area contributed by atoms with Crippen LogP contribution in [0.1, 0.15) is 57.6 Å². The molecular weight excluding hydrogens is 586 g/mol. The molecule has 244 valence electrons. The van der Waals surface area contributed by atoms with Crippen LogP contribution in [0.4, 0.5) is 0 Å². The Morgan fingerprint density at radius 3 is 2.67 bits per heavy atom. The van der Waals surface area contributed by atoms with Gasteiger partial charge in [-0.25, -0.2) is 0 Å². The van der Waals surface area contributed by atoms with Crippen molar-refractivity contribution < 1.29 is 28.7 Å². The fraction of sp³-hybridized carbons (Fsp3) is 0.486. The van der Waals surface area contributed by atoms with Crippen molar-refractivity contribution in [1.82, 2.24) is 25.8 Å². The first-order chi connectivity index (χ1) is 22.1. The van der Waals surface area contributed by atoms with Gasteiger partial charge in [0, 0.05) is 48.6 Å². The molecule has 0 unspecified atom stereocenters. The van der Waals surface area contributed by atoms with Crippen LogP contribution >= 0.6 is 0 Å². The van der Waals surface area contributed by atoms with E-state index in [1.807, 2.05) is 43.5 Å². The van der Waals surface area contributed by atoms with Crippen molar-refractivity contribution in [3.8, 4) is 11.5 Å². The van der Waals surface area contributed by atoms with Gasteiger partial charge >= 0.3 is 0 Å². The molecule has 0 spiro atoms. The average Bonchev–Trinajstić information content (AvgIpc) is 3.76. The van der Waals surface area contributed by atoms with Crippen LogP contribution in [0, 0.1) is 11.8 Å². The van der Waals surface area contributed by atoms with E-state index >= 15 is 0 Å². The number of aromatic nitrogens is 1. The number of aromatic amines is 1. The first-order valence-electron chi connectivity index (χ1n) is 16.3. The van der Waals surface area contributed by atoms with Crippen LogP contribution in [0.15, 0.2) is 48.7 Å². The molecule has 0 radical (unpaired) electrons. The van der Waals surface area contributed by atoms with Crippen LogP contribution in [0.3, 0.4) is 0 Å². The minimum atomic E-state index is -0.876. The predicted octanol–water partition coefficient (Wildman–Crippen LogP) is 3.21. The third-order valence-corrected chi connectivity index (χ3v) is 9.42. The van der Waals surface area contributed by atoms with Crippen LogP contribution in [0.5, 0.6) is 11.5 Å². The highest BCUT2D eigenvalue weighted by Crippen LogP contribution is 2.33. The number of carbonyl (C=O) groups is 4. The van der Waals surface area contributed by atoms with E-state index in [2.05, 4.69) is 34.8 Å². The van der Waals surface area contributed by atoms with Crippen molar-refractivity contribution in [3.05, 3.63) is 59.8 Å². The van der Waals surface area contributed by atoms with E-state index in [1.54, 1.807) is 17.0 Å². The lowest BCUT2D eigenvalue weighted by atomic mass is 9.92. The number of ether oxygens (including phenoxy) is 2. The lowest BCUT2D eigenvalue weighted by Gasteiger charge is -2.30. The minimum Gasteiger partial charge on any atom is -0.454 e. The Morgan fingerprint density at radius 1 is 1.04 bits per heavy atom. The highest BCUT2D eigenvalue weighted by Gasteiger charge is 2.43. The van der Waals surface area contributed by atoms with Gasteiger partial charge in [0.1, 0.15) is 12.1 Å². The fourth-order valence-electron chi connectivity index (χ4n) is 6.86. The normalized spacial score (nSPS) is 25.3. The van der Waals surface area contributed by atoms with Crippen molar-refractivity contribution in [2.24, 2.45) is 11.8 Å².